The predicted molar refractivity (Wildman–Crippen MR) is 61.8 cm³/mol. The highest BCUT2D eigenvalue weighted by atomic mass is 32.1. The lowest BCUT2D eigenvalue weighted by Crippen LogP contribution is -2.26. The number of nitrogens with zero attached hydrogens (tertiary/aromatic N) is 2. The fraction of sp³-hybridized carbons (Fsp3) is 0.700. The van der Waals surface area contributed by atoms with Gasteiger partial charge in [0, 0.05) is 18.0 Å². The highest BCUT2D eigenvalue weighted by Gasteiger charge is 2.05. The summed E-state index contributed by atoms with van der Waals surface area (Å²) < 4.78 is 0. The third-order valence-corrected chi connectivity index (χ3v) is 3.28. The van der Waals surface area contributed by atoms with Crippen molar-refractivity contribution >= 4 is 11.3 Å². The lowest BCUT2D eigenvalue weighted by atomic mass is 10.4. The van der Waals surface area contributed by atoms with Crippen LogP contribution in [-0.2, 0) is 6.54 Å². The molecule has 0 saturated heterocycles. The lowest BCUT2D eigenvalue weighted by molar-refractivity contribution is 0.327. The molecular weight excluding hydrogens is 194 g/mol. The molecule has 4 heteroatoms. The number of hydrogen-bond donors (Lipinski definition) is 1. The standard InChI is InChI=1S/C10H19N3S/c1-8-9(2)14-10(12-8)7-13(4)6-5-11-3/h11H,5-7H2,1-4H3. The summed E-state index contributed by atoms with van der Waals surface area (Å²) in [5, 5.41) is 4.36. The molecular formula is C10H19N3S. The van der Waals surface area contributed by atoms with Gasteiger partial charge in [0.15, 0.2) is 0 Å². The SMILES string of the molecule is CNCCN(C)Cc1nc(C)c(C)s1. The number of aromatic nitrogens is 1. The average molecular weight is 213 g/mol. The molecule has 1 N–H and O–H groups in total. The molecule has 0 fully saturated rings. The summed E-state index contributed by atoms with van der Waals surface area (Å²) in [5.41, 5.74) is 1.17. The van der Waals surface area contributed by atoms with E-state index in [4.69, 9.17) is 0 Å². The lowest BCUT2D eigenvalue weighted by Gasteiger charge is -2.13. The van der Waals surface area contributed by atoms with E-state index in [-0.39, 0.29) is 0 Å². The van der Waals surface area contributed by atoms with Crippen LogP contribution in [0, 0.1) is 13.8 Å². The molecule has 14 heavy (non-hydrogen) atoms. The van der Waals surface area contributed by atoms with Crippen LogP contribution in [0.15, 0.2) is 0 Å². The zero-order valence-corrected chi connectivity index (χ0v) is 10.2. The van der Waals surface area contributed by atoms with Crippen LogP contribution < -0.4 is 5.32 Å². The summed E-state index contributed by atoms with van der Waals surface area (Å²) in [4.78, 5) is 8.14. The molecule has 0 aliphatic heterocycles. The number of rotatable bonds is 5. The largest absolute Gasteiger partial charge is 0.318 e. The zero-order valence-electron chi connectivity index (χ0n) is 9.42. The van der Waals surface area contributed by atoms with E-state index in [9.17, 15) is 0 Å². The molecule has 3 nitrogen and oxygen atoms in total. The van der Waals surface area contributed by atoms with Gasteiger partial charge in [0.1, 0.15) is 5.01 Å². The molecule has 0 aromatic carbocycles. The van der Waals surface area contributed by atoms with Gasteiger partial charge in [0.25, 0.3) is 0 Å². The molecule has 0 spiro atoms. The van der Waals surface area contributed by atoms with Crippen LogP contribution in [0.25, 0.3) is 0 Å². The Balaban J connectivity index is 2.43. The molecule has 0 bridgehead atoms. The molecule has 0 unspecified atom stereocenters. The van der Waals surface area contributed by atoms with Crippen LogP contribution in [0.5, 0.6) is 0 Å². The van der Waals surface area contributed by atoms with Gasteiger partial charge in [0.2, 0.25) is 0 Å². The molecule has 0 atom stereocenters. The minimum Gasteiger partial charge on any atom is -0.318 e. The monoisotopic (exact) mass is 213 g/mol. The molecule has 0 aliphatic rings. The first-order valence-corrected chi connectivity index (χ1v) is 5.71. The fourth-order valence-corrected chi connectivity index (χ4v) is 2.23. The van der Waals surface area contributed by atoms with E-state index in [1.165, 1.54) is 15.6 Å². The second kappa shape index (κ2) is 5.44. The Morgan fingerprint density at radius 1 is 1.43 bits per heavy atom. The Kier molecular flexibility index (Phi) is 4.51. The van der Waals surface area contributed by atoms with E-state index in [2.05, 4.69) is 36.1 Å². The zero-order chi connectivity index (χ0) is 10.6. The number of hydrogen-bond acceptors (Lipinski definition) is 4. The van der Waals surface area contributed by atoms with Gasteiger partial charge in [-0.25, -0.2) is 4.98 Å². The van der Waals surface area contributed by atoms with Crippen LogP contribution in [0.4, 0.5) is 0 Å². The van der Waals surface area contributed by atoms with Gasteiger partial charge in [-0.2, -0.15) is 0 Å². The summed E-state index contributed by atoms with van der Waals surface area (Å²) in [6.45, 7) is 7.25. The third kappa shape index (κ3) is 3.36. The number of aryl methyl sites for hydroxylation is 2. The Hall–Kier alpha value is -0.450. The average Bonchev–Trinajstić information content (AvgIpc) is 2.42. The van der Waals surface area contributed by atoms with Crippen molar-refractivity contribution in [3.05, 3.63) is 15.6 Å². The van der Waals surface area contributed by atoms with Crippen LogP contribution in [0.3, 0.4) is 0 Å². The summed E-state index contributed by atoms with van der Waals surface area (Å²) in [5.74, 6) is 0. The van der Waals surface area contributed by atoms with Crippen LogP contribution in [0.2, 0.25) is 0 Å². The topological polar surface area (TPSA) is 28.2 Å². The Labute approximate surface area is 90.2 Å². The second-order valence-electron chi connectivity index (χ2n) is 3.59. The molecule has 1 aromatic rings. The number of likely N-dealkylation sites (N-methyl/N-ethyl adjacent to an activating group) is 2. The van der Waals surface area contributed by atoms with Crippen LogP contribution in [-0.4, -0.2) is 37.1 Å². The van der Waals surface area contributed by atoms with Crippen molar-refractivity contribution in [2.24, 2.45) is 0 Å². The minimum absolute atomic E-state index is 0.959. The first kappa shape index (κ1) is 11.6. The predicted octanol–water partition coefficient (Wildman–Crippen LogP) is 1.41. The molecule has 0 aliphatic carbocycles. The van der Waals surface area contributed by atoms with E-state index < -0.39 is 0 Å². The van der Waals surface area contributed by atoms with Crippen molar-refractivity contribution in [1.82, 2.24) is 15.2 Å². The van der Waals surface area contributed by atoms with Crippen LogP contribution >= 0.6 is 11.3 Å². The van der Waals surface area contributed by atoms with Gasteiger partial charge in [-0.1, -0.05) is 0 Å². The summed E-state index contributed by atoms with van der Waals surface area (Å²) >= 11 is 1.80. The maximum absolute atomic E-state index is 4.51. The fourth-order valence-electron chi connectivity index (χ4n) is 1.22. The molecule has 80 valence electrons. The highest BCUT2D eigenvalue weighted by Crippen LogP contribution is 2.17. The quantitative estimate of drug-likeness (QED) is 0.801. The first-order valence-electron chi connectivity index (χ1n) is 4.89. The van der Waals surface area contributed by atoms with Gasteiger partial charge in [-0.15, -0.1) is 11.3 Å². The Bertz CT molecular complexity index is 263. The van der Waals surface area contributed by atoms with Crippen molar-refractivity contribution in [3.63, 3.8) is 0 Å². The molecule has 1 rings (SSSR count). The van der Waals surface area contributed by atoms with E-state index in [0.29, 0.717) is 0 Å². The molecule has 0 saturated carbocycles. The van der Waals surface area contributed by atoms with Crippen molar-refractivity contribution in [2.75, 3.05) is 27.2 Å². The Morgan fingerprint density at radius 2 is 2.14 bits per heavy atom. The van der Waals surface area contributed by atoms with E-state index >= 15 is 0 Å². The molecule has 1 aromatic heterocycles. The Morgan fingerprint density at radius 3 is 2.64 bits per heavy atom. The van der Waals surface area contributed by atoms with Crippen LogP contribution in [0.1, 0.15) is 15.6 Å². The maximum Gasteiger partial charge on any atom is 0.107 e. The van der Waals surface area contributed by atoms with Crippen molar-refractivity contribution in [3.8, 4) is 0 Å². The summed E-state index contributed by atoms with van der Waals surface area (Å²) in [7, 11) is 4.11. The third-order valence-electron chi connectivity index (χ3n) is 2.22. The molecule has 0 radical (unpaired) electrons. The number of nitrogens with one attached hydrogen (secondary N) is 1. The van der Waals surface area contributed by atoms with Gasteiger partial charge in [-0.3, -0.25) is 4.90 Å². The normalized spacial score (nSPS) is 11.2. The van der Waals surface area contributed by atoms with Crippen molar-refractivity contribution in [2.45, 2.75) is 20.4 Å². The van der Waals surface area contributed by atoms with E-state index in [1.54, 1.807) is 11.3 Å². The number of thiazole rings is 1. The highest BCUT2D eigenvalue weighted by molar-refractivity contribution is 7.11. The van der Waals surface area contributed by atoms with E-state index in [1.807, 2.05) is 7.05 Å². The minimum atomic E-state index is 0.959. The van der Waals surface area contributed by atoms with Gasteiger partial charge >= 0.3 is 0 Å². The second-order valence-corrected chi connectivity index (χ2v) is 4.88. The summed E-state index contributed by atoms with van der Waals surface area (Å²) in [6.07, 6.45) is 0. The molecule has 1 heterocycles. The first-order chi connectivity index (χ1) is 6.63. The van der Waals surface area contributed by atoms with E-state index in [0.717, 1.165) is 19.6 Å². The smallest absolute Gasteiger partial charge is 0.107 e. The van der Waals surface area contributed by atoms with Gasteiger partial charge in [-0.05, 0) is 27.9 Å². The van der Waals surface area contributed by atoms with Crippen molar-refractivity contribution in [1.29, 1.82) is 0 Å². The molecule has 0 amide bonds. The summed E-state index contributed by atoms with van der Waals surface area (Å²) in [6, 6.07) is 0. The van der Waals surface area contributed by atoms with Gasteiger partial charge < -0.3 is 5.32 Å². The van der Waals surface area contributed by atoms with Gasteiger partial charge in [0.05, 0.1) is 12.2 Å². The van der Waals surface area contributed by atoms with Crippen molar-refractivity contribution < 1.29 is 0 Å². The maximum atomic E-state index is 4.51.